The maximum absolute atomic E-state index is 12.2. The number of rotatable bonds is 2. The van der Waals surface area contributed by atoms with E-state index >= 15 is 0 Å². The fourth-order valence-electron chi connectivity index (χ4n) is 1.87. The highest BCUT2D eigenvalue weighted by Crippen LogP contribution is 2.34. The molecule has 1 aromatic heterocycles. The number of hydrogen-bond donors (Lipinski definition) is 2. The molecule has 0 aliphatic carbocycles. The van der Waals surface area contributed by atoms with Crippen LogP contribution >= 0.6 is 11.3 Å². The summed E-state index contributed by atoms with van der Waals surface area (Å²) < 4.78 is 41.8. The van der Waals surface area contributed by atoms with Gasteiger partial charge in [-0.3, -0.25) is 14.9 Å². The molecular weight excluding hydrogens is 335 g/mol. The topological polar surface area (TPSA) is 80.3 Å². The van der Waals surface area contributed by atoms with Gasteiger partial charge in [-0.15, -0.1) is 11.3 Å². The first-order valence-corrected chi connectivity index (χ1v) is 7.11. The molecule has 6 nitrogen and oxygen atoms in total. The molecule has 2 amide bonds. The molecule has 0 bridgehead atoms. The molecule has 0 spiro atoms. The highest BCUT2D eigenvalue weighted by Gasteiger charge is 2.39. The molecule has 2 N–H and O–H groups in total. The molecular formula is C13H8F3N3O3S. The van der Waals surface area contributed by atoms with E-state index in [2.05, 4.69) is 10.3 Å². The fraction of sp³-hybridized carbons (Fsp3) is 0.154. The van der Waals surface area contributed by atoms with Gasteiger partial charge in [0.1, 0.15) is 5.75 Å². The minimum absolute atomic E-state index is 0.0727. The summed E-state index contributed by atoms with van der Waals surface area (Å²) >= 11 is 0.865. The van der Waals surface area contributed by atoms with Crippen LogP contribution in [-0.4, -0.2) is 29.6 Å². The predicted octanol–water partition coefficient (Wildman–Crippen LogP) is 2.64. The molecule has 1 aliphatic rings. The maximum Gasteiger partial charge on any atom is 0.471 e. The molecule has 3 rings (SSSR count). The second kappa shape index (κ2) is 5.54. The number of amides is 2. The van der Waals surface area contributed by atoms with Gasteiger partial charge >= 0.3 is 12.1 Å². The van der Waals surface area contributed by atoms with Crippen LogP contribution in [0.4, 0.5) is 24.0 Å². The Bertz CT molecular complexity index is 788. The highest BCUT2D eigenvalue weighted by atomic mass is 32.1. The van der Waals surface area contributed by atoms with Crippen molar-refractivity contribution in [1.29, 1.82) is 0 Å². The number of ether oxygens (including phenoxy) is 1. The lowest BCUT2D eigenvalue weighted by Gasteiger charge is -2.18. The van der Waals surface area contributed by atoms with Gasteiger partial charge in [0.15, 0.2) is 11.7 Å². The molecule has 0 unspecified atom stereocenters. The minimum Gasteiger partial charge on any atom is -0.482 e. The van der Waals surface area contributed by atoms with Crippen LogP contribution in [0.5, 0.6) is 5.75 Å². The number of carbonyl (C=O) groups is 2. The van der Waals surface area contributed by atoms with E-state index in [1.54, 1.807) is 23.5 Å². The van der Waals surface area contributed by atoms with Crippen molar-refractivity contribution in [3.8, 4) is 17.0 Å². The van der Waals surface area contributed by atoms with Gasteiger partial charge in [-0.05, 0) is 18.2 Å². The quantitative estimate of drug-likeness (QED) is 0.878. The van der Waals surface area contributed by atoms with Crippen LogP contribution in [-0.2, 0) is 9.59 Å². The predicted molar refractivity (Wildman–Crippen MR) is 76.4 cm³/mol. The third-order valence-corrected chi connectivity index (χ3v) is 3.65. The zero-order chi connectivity index (χ0) is 16.6. The average Bonchev–Trinajstić information content (AvgIpc) is 2.94. The first kappa shape index (κ1) is 15.3. The Balaban J connectivity index is 1.82. The normalized spacial score (nSPS) is 13.8. The number of halogens is 3. The summed E-state index contributed by atoms with van der Waals surface area (Å²) in [6.07, 6.45) is -4.97. The van der Waals surface area contributed by atoms with E-state index in [1.807, 2.05) is 0 Å². The molecule has 10 heteroatoms. The van der Waals surface area contributed by atoms with Gasteiger partial charge in [0.2, 0.25) is 0 Å². The van der Waals surface area contributed by atoms with Crippen LogP contribution in [0.25, 0.3) is 11.3 Å². The van der Waals surface area contributed by atoms with Crippen molar-refractivity contribution in [2.24, 2.45) is 0 Å². The molecule has 0 saturated heterocycles. The summed E-state index contributed by atoms with van der Waals surface area (Å²) in [6.45, 7) is -0.0727. The molecule has 0 atom stereocenters. The van der Waals surface area contributed by atoms with Crippen LogP contribution in [0.1, 0.15) is 0 Å². The Morgan fingerprint density at radius 3 is 2.91 bits per heavy atom. The number of alkyl halides is 3. The second-order valence-corrected chi connectivity index (χ2v) is 5.40. The van der Waals surface area contributed by atoms with Crippen molar-refractivity contribution >= 4 is 34.0 Å². The largest absolute Gasteiger partial charge is 0.482 e. The first-order valence-electron chi connectivity index (χ1n) is 6.24. The number of hydrogen-bond acceptors (Lipinski definition) is 5. The number of anilines is 2. The number of carbonyl (C=O) groups excluding carboxylic acids is 2. The van der Waals surface area contributed by atoms with Crippen molar-refractivity contribution in [3.05, 3.63) is 23.6 Å². The summed E-state index contributed by atoms with van der Waals surface area (Å²) in [6, 6.07) is 4.87. The van der Waals surface area contributed by atoms with Gasteiger partial charge in [-0.25, -0.2) is 4.98 Å². The van der Waals surface area contributed by atoms with Gasteiger partial charge < -0.3 is 10.1 Å². The molecule has 2 heterocycles. The van der Waals surface area contributed by atoms with Crippen LogP contribution in [0.3, 0.4) is 0 Å². The third kappa shape index (κ3) is 3.26. The van der Waals surface area contributed by atoms with Crippen molar-refractivity contribution < 1.29 is 27.5 Å². The summed E-state index contributed by atoms with van der Waals surface area (Å²) in [5.74, 6) is -1.88. The molecule has 1 aromatic carbocycles. The van der Waals surface area contributed by atoms with E-state index in [4.69, 9.17) is 4.74 Å². The SMILES string of the molecule is O=C1COc2ccc(-c3csc(NC(=O)C(F)(F)F)n3)cc2N1. The highest BCUT2D eigenvalue weighted by molar-refractivity contribution is 7.14. The van der Waals surface area contributed by atoms with Gasteiger partial charge in [-0.1, -0.05) is 0 Å². The second-order valence-electron chi connectivity index (χ2n) is 4.54. The molecule has 2 aromatic rings. The van der Waals surface area contributed by atoms with Gasteiger partial charge in [0.05, 0.1) is 11.4 Å². The molecule has 120 valence electrons. The maximum atomic E-state index is 12.2. The Hall–Kier alpha value is -2.62. The number of nitrogens with zero attached hydrogens (tertiary/aromatic N) is 1. The first-order chi connectivity index (χ1) is 10.8. The van der Waals surface area contributed by atoms with Gasteiger partial charge in [0.25, 0.3) is 5.91 Å². The molecule has 0 radical (unpaired) electrons. The minimum atomic E-state index is -4.97. The van der Waals surface area contributed by atoms with Crippen LogP contribution in [0.15, 0.2) is 23.6 Å². The van der Waals surface area contributed by atoms with Gasteiger partial charge in [-0.2, -0.15) is 13.2 Å². The number of thiazole rings is 1. The Labute approximate surface area is 131 Å². The Morgan fingerprint density at radius 2 is 2.17 bits per heavy atom. The van der Waals surface area contributed by atoms with E-state index in [0.717, 1.165) is 11.3 Å². The van der Waals surface area contributed by atoms with Gasteiger partial charge in [0, 0.05) is 10.9 Å². The third-order valence-electron chi connectivity index (χ3n) is 2.89. The number of benzene rings is 1. The zero-order valence-electron chi connectivity index (χ0n) is 11.2. The summed E-state index contributed by atoms with van der Waals surface area (Å²) in [5, 5.41) is 5.65. The van der Waals surface area contributed by atoms with E-state index in [1.165, 1.54) is 5.38 Å². The number of aromatic nitrogens is 1. The monoisotopic (exact) mass is 343 g/mol. The van der Waals surface area contributed by atoms with Crippen molar-refractivity contribution in [3.63, 3.8) is 0 Å². The van der Waals surface area contributed by atoms with E-state index in [-0.39, 0.29) is 17.6 Å². The standard InChI is InChI=1S/C13H8F3N3O3S/c14-13(15,16)11(21)19-12-18-8(5-23-12)6-1-2-9-7(3-6)17-10(20)4-22-9/h1-3,5H,4H2,(H,17,20)(H,18,19,21). The molecule has 0 fully saturated rings. The van der Waals surface area contributed by atoms with Crippen LogP contribution in [0.2, 0.25) is 0 Å². The van der Waals surface area contributed by atoms with Crippen molar-refractivity contribution in [2.45, 2.75) is 6.18 Å². The number of nitrogens with one attached hydrogen (secondary N) is 2. The molecule has 23 heavy (non-hydrogen) atoms. The van der Waals surface area contributed by atoms with Crippen molar-refractivity contribution in [1.82, 2.24) is 4.98 Å². The molecule has 1 aliphatic heterocycles. The summed E-state index contributed by atoms with van der Waals surface area (Å²) in [5.41, 5.74) is 1.39. The lowest BCUT2D eigenvalue weighted by Crippen LogP contribution is -2.29. The Kier molecular flexibility index (Phi) is 3.68. The smallest absolute Gasteiger partial charge is 0.471 e. The van der Waals surface area contributed by atoms with Crippen molar-refractivity contribution in [2.75, 3.05) is 17.2 Å². The summed E-state index contributed by atoms with van der Waals surface area (Å²) in [4.78, 5) is 26.1. The van der Waals surface area contributed by atoms with E-state index in [0.29, 0.717) is 22.7 Å². The average molecular weight is 343 g/mol. The molecule has 0 saturated carbocycles. The summed E-state index contributed by atoms with van der Waals surface area (Å²) in [7, 11) is 0. The lowest BCUT2D eigenvalue weighted by atomic mass is 10.1. The van der Waals surface area contributed by atoms with E-state index < -0.39 is 12.1 Å². The van der Waals surface area contributed by atoms with Crippen LogP contribution in [0, 0.1) is 0 Å². The van der Waals surface area contributed by atoms with E-state index in [9.17, 15) is 22.8 Å². The number of fused-ring (bicyclic) bond motifs is 1. The zero-order valence-corrected chi connectivity index (χ0v) is 12.0. The Morgan fingerprint density at radius 1 is 1.39 bits per heavy atom. The lowest BCUT2D eigenvalue weighted by molar-refractivity contribution is -0.167. The van der Waals surface area contributed by atoms with Crippen LogP contribution < -0.4 is 15.4 Å². The fourth-order valence-corrected chi connectivity index (χ4v) is 2.59.